The normalized spacial score (nSPS) is 18.1. The van der Waals surface area contributed by atoms with Gasteiger partial charge in [-0.25, -0.2) is 4.79 Å². The first-order chi connectivity index (χ1) is 14.4. The Morgan fingerprint density at radius 1 is 1.10 bits per heavy atom. The van der Waals surface area contributed by atoms with E-state index in [0.717, 1.165) is 25.7 Å². The van der Waals surface area contributed by atoms with Crippen LogP contribution in [-0.2, 0) is 9.47 Å². The van der Waals surface area contributed by atoms with E-state index in [2.05, 4.69) is 44.9 Å². The van der Waals surface area contributed by atoms with Crippen molar-refractivity contribution in [2.75, 3.05) is 26.9 Å². The molecule has 2 N–H and O–H groups in total. The zero-order valence-corrected chi connectivity index (χ0v) is 20.6. The van der Waals surface area contributed by atoms with E-state index in [1.165, 1.54) is 0 Å². The zero-order valence-electron chi connectivity index (χ0n) is 20.6. The van der Waals surface area contributed by atoms with E-state index in [0.29, 0.717) is 35.7 Å². The lowest BCUT2D eigenvalue weighted by atomic mass is 9.79. The molecule has 7 heteroatoms. The Morgan fingerprint density at radius 2 is 1.71 bits per heavy atom. The molecular formula is C24H41N3O4. The molecule has 2 rings (SSSR count). The molecule has 31 heavy (non-hydrogen) atoms. The Balaban J connectivity index is 2.33. The van der Waals surface area contributed by atoms with Crippen LogP contribution in [0.4, 0.5) is 0 Å². The van der Waals surface area contributed by atoms with Crippen molar-refractivity contribution < 1.29 is 19.1 Å². The summed E-state index contributed by atoms with van der Waals surface area (Å²) in [6, 6.07) is 0.130. The zero-order chi connectivity index (χ0) is 23.4. The second-order valence-corrected chi connectivity index (χ2v) is 10.1. The van der Waals surface area contributed by atoms with E-state index in [4.69, 9.17) is 9.47 Å². The van der Waals surface area contributed by atoms with Crippen LogP contribution in [0.3, 0.4) is 0 Å². The number of aromatic amines is 1. The number of aryl methyl sites for hydroxylation is 1. The minimum Gasteiger partial charge on any atom is -0.460 e. The molecule has 0 unspecified atom stereocenters. The van der Waals surface area contributed by atoms with Crippen molar-refractivity contribution in [3.8, 4) is 0 Å². The highest BCUT2D eigenvalue weighted by Crippen LogP contribution is 2.33. The van der Waals surface area contributed by atoms with Gasteiger partial charge in [0.25, 0.3) is 5.91 Å². The average Bonchev–Trinajstić information content (AvgIpc) is 2.93. The number of H-pyrrole nitrogens is 1. The van der Waals surface area contributed by atoms with E-state index < -0.39 is 5.97 Å². The largest absolute Gasteiger partial charge is 0.460 e. The molecule has 0 saturated carbocycles. The number of nitrogens with one attached hydrogen (secondary N) is 2. The number of carbonyl (C=O) groups excluding carboxylic acids is 2. The molecular weight excluding hydrogens is 394 g/mol. The van der Waals surface area contributed by atoms with Crippen LogP contribution < -0.4 is 5.32 Å². The Kier molecular flexibility index (Phi) is 8.34. The third kappa shape index (κ3) is 6.32. The SMILES string of the molecule is CCCCN(C(=O)c1[nH]c(C)c(C(=O)OCCOC)c1C)C1CC(C)(C)NC(C)(C)C1. The Labute approximate surface area is 187 Å². The highest BCUT2D eigenvalue weighted by atomic mass is 16.6. The molecule has 0 aliphatic carbocycles. The van der Waals surface area contributed by atoms with E-state index in [1.807, 2.05) is 18.7 Å². The fraction of sp³-hybridized carbons (Fsp3) is 0.750. The fourth-order valence-corrected chi connectivity index (χ4v) is 4.97. The monoisotopic (exact) mass is 435 g/mol. The summed E-state index contributed by atoms with van der Waals surface area (Å²) in [7, 11) is 1.56. The molecule has 7 nitrogen and oxygen atoms in total. The summed E-state index contributed by atoms with van der Waals surface area (Å²) in [5, 5.41) is 3.70. The number of methoxy groups -OCH3 is 1. The summed E-state index contributed by atoms with van der Waals surface area (Å²) in [5.41, 5.74) is 2.12. The third-order valence-electron chi connectivity index (χ3n) is 6.00. The van der Waals surface area contributed by atoms with Gasteiger partial charge in [-0.15, -0.1) is 0 Å². The molecule has 1 aromatic heterocycles. The van der Waals surface area contributed by atoms with E-state index in [-0.39, 0.29) is 29.6 Å². The van der Waals surface area contributed by atoms with Crippen LogP contribution in [0.5, 0.6) is 0 Å². The van der Waals surface area contributed by atoms with Gasteiger partial charge in [-0.05, 0) is 66.4 Å². The summed E-state index contributed by atoms with van der Waals surface area (Å²) in [5.74, 6) is -0.463. The lowest BCUT2D eigenvalue weighted by Gasteiger charge is -2.49. The first-order valence-corrected chi connectivity index (χ1v) is 11.4. The predicted molar refractivity (Wildman–Crippen MR) is 123 cm³/mol. The number of ether oxygens (including phenoxy) is 2. The van der Waals surface area contributed by atoms with Crippen LogP contribution in [0.2, 0.25) is 0 Å². The van der Waals surface area contributed by atoms with Crippen LogP contribution in [0.25, 0.3) is 0 Å². The van der Waals surface area contributed by atoms with E-state index in [1.54, 1.807) is 7.11 Å². The van der Waals surface area contributed by atoms with Crippen molar-refractivity contribution in [2.45, 2.75) is 91.3 Å². The van der Waals surface area contributed by atoms with Crippen LogP contribution in [-0.4, -0.2) is 65.7 Å². The first kappa shape index (κ1) is 25.4. The molecule has 0 radical (unpaired) electrons. The quantitative estimate of drug-likeness (QED) is 0.453. The molecule has 1 aliphatic heterocycles. The molecule has 0 bridgehead atoms. The fourth-order valence-electron chi connectivity index (χ4n) is 4.97. The lowest BCUT2D eigenvalue weighted by molar-refractivity contribution is 0.0386. The maximum Gasteiger partial charge on any atom is 0.340 e. The Morgan fingerprint density at radius 3 is 2.26 bits per heavy atom. The molecule has 0 atom stereocenters. The van der Waals surface area contributed by atoms with Gasteiger partial charge in [0, 0.05) is 36.5 Å². The molecule has 1 saturated heterocycles. The number of aromatic nitrogens is 1. The van der Waals surface area contributed by atoms with Crippen LogP contribution >= 0.6 is 0 Å². The van der Waals surface area contributed by atoms with E-state index in [9.17, 15) is 9.59 Å². The number of unbranched alkanes of at least 4 members (excludes halogenated alkanes) is 1. The van der Waals surface area contributed by atoms with Crippen molar-refractivity contribution in [1.29, 1.82) is 0 Å². The summed E-state index contributed by atoms with van der Waals surface area (Å²) in [6.07, 6.45) is 3.73. The van der Waals surface area contributed by atoms with Crippen molar-refractivity contribution in [3.63, 3.8) is 0 Å². The van der Waals surface area contributed by atoms with Gasteiger partial charge >= 0.3 is 5.97 Å². The molecule has 1 amide bonds. The molecule has 2 heterocycles. The highest BCUT2D eigenvalue weighted by molar-refractivity contribution is 6.00. The maximum atomic E-state index is 13.7. The van der Waals surface area contributed by atoms with Gasteiger partial charge in [-0.3, -0.25) is 4.79 Å². The lowest BCUT2D eigenvalue weighted by Crippen LogP contribution is -2.63. The second-order valence-electron chi connectivity index (χ2n) is 10.1. The van der Waals surface area contributed by atoms with Crippen molar-refractivity contribution >= 4 is 11.9 Å². The number of esters is 1. The molecule has 1 fully saturated rings. The van der Waals surface area contributed by atoms with Crippen LogP contribution in [0.15, 0.2) is 0 Å². The predicted octanol–water partition coefficient (Wildman–Crippen LogP) is 3.99. The summed E-state index contributed by atoms with van der Waals surface area (Å²) >= 11 is 0. The van der Waals surface area contributed by atoms with Crippen LogP contribution in [0, 0.1) is 13.8 Å². The van der Waals surface area contributed by atoms with Crippen molar-refractivity contribution in [3.05, 3.63) is 22.5 Å². The maximum absolute atomic E-state index is 13.7. The number of amides is 1. The second kappa shape index (κ2) is 10.2. The number of hydrogen-bond acceptors (Lipinski definition) is 5. The summed E-state index contributed by atoms with van der Waals surface area (Å²) in [4.78, 5) is 31.5. The highest BCUT2D eigenvalue weighted by Gasteiger charge is 2.41. The first-order valence-electron chi connectivity index (χ1n) is 11.4. The minimum atomic E-state index is -0.424. The van der Waals surface area contributed by atoms with Gasteiger partial charge in [0.05, 0.1) is 12.2 Å². The molecule has 0 aromatic carbocycles. The van der Waals surface area contributed by atoms with Crippen LogP contribution in [0.1, 0.15) is 92.4 Å². The number of hydrogen-bond donors (Lipinski definition) is 2. The number of piperidine rings is 1. The average molecular weight is 436 g/mol. The standard InChI is InChI=1S/C24H41N3O4/c1-9-10-11-27(18-14-23(4,5)26-24(6,7)15-18)21(28)20-16(2)19(17(3)25-20)22(29)31-13-12-30-8/h18,25-26H,9-15H2,1-8H3. The number of nitrogens with zero attached hydrogens (tertiary/aromatic N) is 1. The van der Waals surface area contributed by atoms with E-state index >= 15 is 0 Å². The Hall–Kier alpha value is -1.86. The smallest absolute Gasteiger partial charge is 0.340 e. The molecule has 1 aliphatic rings. The molecule has 176 valence electrons. The van der Waals surface area contributed by atoms with Gasteiger partial charge in [-0.1, -0.05) is 13.3 Å². The number of carbonyl (C=O) groups is 2. The minimum absolute atomic E-state index is 0.0384. The van der Waals surface area contributed by atoms with Gasteiger partial charge in [-0.2, -0.15) is 0 Å². The van der Waals surface area contributed by atoms with Crippen molar-refractivity contribution in [1.82, 2.24) is 15.2 Å². The molecule has 0 spiro atoms. The van der Waals surface area contributed by atoms with Gasteiger partial charge in [0.1, 0.15) is 12.3 Å². The topological polar surface area (TPSA) is 83.7 Å². The van der Waals surface area contributed by atoms with Crippen molar-refractivity contribution in [2.24, 2.45) is 0 Å². The Bertz CT molecular complexity index is 766. The summed E-state index contributed by atoms with van der Waals surface area (Å²) in [6.45, 7) is 15.8. The summed E-state index contributed by atoms with van der Waals surface area (Å²) < 4.78 is 10.3. The van der Waals surface area contributed by atoms with Gasteiger partial charge in [0.2, 0.25) is 0 Å². The third-order valence-corrected chi connectivity index (χ3v) is 6.00. The van der Waals surface area contributed by atoms with Gasteiger partial charge in [0.15, 0.2) is 0 Å². The number of rotatable bonds is 9. The molecule has 1 aromatic rings. The van der Waals surface area contributed by atoms with Gasteiger partial charge < -0.3 is 24.7 Å².